The van der Waals surface area contributed by atoms with Crippen molar-refractivity contribution in [1.29, 1.82) is 0 Å². The van der Waals surface area contributed by atoms with Crippen LogP contribution >= 0.6 is 0 Å². The lowest BCUT2D eigenvalue weighted by Crippen LogP contribution is -2.40. The number of nitrogens with zero attached hydrogens (tertiary/aromatic N) is 3. The first-order chi connectivity index (χ1) is 13.3. The summed E-state index contributed by atoms with van der Waals surface area (Å²) < 4.78 is 1.79. The molecule has 1 aliphatic heterocycles. The molecule has 0 aliphatic carbocycles. The molecule has 1 amide bonds. The Morgan fingerprint density at radius 1 is 0.963 bits per heavy atom. The van der Waals surface area contributed by atoms with Gasteiger partial charge in [-0.15, -0.1) is 0 Å². The fourth-order valence-electron chi connectivity index (χ4n) is 3.70. The highest BCUT2D eigenvalue weighted by atomic mass is 16.2. The summed E-state index contributed by atoms with van der Waals surface area (Å²) in [4.78, 5) is 15.5. The molecule has 5 nitrogen and oxygen atoms in total. The van der Waals surface area contributed by atoms with Gasteiger partial charge in [0.2, 0.25) is 5.91 Å². The summed E-state index contributed by atoms with van der Waals surface area (Å²) in [5.74, 6) is 0.0146. The highest BCUT2D eigenvalue weighted by Gasteiger charge is 2.28. The smallest absolute Gasteiger partial charge is 0.246 e. The fraction of sp³-hybridized carbons (Fsp3) is 0.273. The number of likely N-dealkylation sites (tertiary alicyclic amines) is 1. The van der Waals surface area contributed by atoms with Gasteiger partial charge in [-0.05, 0) is 55.8 Å². The van der Waals surface area contributed by atoms with Crippen LogP contribution < -0.4 is 5.32 Å². The summed E-state index contributed by atoms with van der Waals surface area (Å²) >= 11 is 0. The van der Waals surface area contributed by atoms with Crippen LogP contribution in [0.25, 0.3) is 5.69 Å². The molecule has 5 heteroatoms. The van der Waals surface area contributed by atoms with Crippen molar-refractivity contribution in [2.24, 2.45) is 0 Å². The predicted octanol–water partition coefficient (Wildman–Crippen LogP) is 4.04. The number of benzene rings is 2. The van der Waals surface area contributed by atoms with Crippen molar-refractivity contribution < 1.29 is 4.79 Å². The van der Waals surface area contributed by atoms with Crippen molar-refractivity contribution in [3.8, 4) is 5.69 Å². The lowest BCUT2D eigenvalue weighted by atomic mass is 10.0. The van der Waals surface area contributed by atoms with Crippen molar-refractivity contribution in [3.63, 3.8) is 0 Å². The van der Waals surface area contributed by atoms with Crippen molar-refractivity contribution in [1.82, 2.24) is 14.7 Å². The number of rotatable bonds is 5. The van der Waals surface area contributed by atoms with Gasteiger partial charge in [0.05, 0.1) is 5.69 Å². The first-order valence-electron chi connectivity index (χ1n) is 9.51. The molecule has 2 heterocycles. The van der Waals surface area contributed by atoms with Gasteiger partial charge < -0.3 is 5.32 Å². The second-order valence-corrected chi connectivity index (χ2v) is 6.90. The first kappa shape index (κ1) is 17.5. The van der Waals surface area contributed by atoms with Gasteiger partial charge in [-0.3, -0.25) is 9.69 Å². The minimum atomic E-state index is -0.264. The summed E-state index contributed by atoms with van der Waals surface area (Å²) in [7, 11) is 0. The Bertz CT molecular complexity index is 870. The largest absolute Gasteiger partial charge is 0.324 e. The molecule has 2 aromatic carbocycles. The molecular formula is C22H24N4O. The van der Waals surface area contributed by atoms with E-state index >= 15 is 0 Å². The molecule has 1 fully saturated rings. The molecule has 4 rings (SSSR count). The van der Waals surface area contributed by atoms with Gasteiger partial charge in [-0.25, -0.2) is 4.68 Å². The maximum Gasteiger partial charge on any atom is 0.246 e. The van der Waals surface area contributed by atoms with Crippen LogP contribution in [-0.2, 0) is 4.79 Å². The zero-order chi connectivity index (χ0) is 18.5. The van der Waals surface area contributed by atoms with Gasteiger partial charge in [-0.1, -0.05) is 42.8 Å². The summed E-state index contributed by atoms with van der Waals surface area (Å²) in [6.07, 6.45) is 7.16. The molecule has 1 aliphatic rings. The number of aromatic nitrogens is 2. The molecular weight excluding hydrogens is 336 g/mol. The van der Waals surface area contributed by atoms with Gasteiger partial charge in [0.15, 0.2) is 0 Å². The number of amides is 1. The summed E-state index contributed by atoms with van der Waals surface area (Å²) in [5.41, 5.74) is 2.75. The third kappa shape index (κ3) is 4.09. The number of piperidine rings is 1. The van der Waals surface area contributed by atoms with Gasteiger partial charge in [0, 0.05) is 18.1 Å². The van der Waals surface area contributed by atoms with E-state index in [1.807, 2.05) is 66.9 Å². The summed E-state index contributed by atoms with van der Waals surface area (Å²) in [6, 6.07) is 19.5. The molecule has 1 aromatic heterocycles. The van der Waals surface area contributed by atoms with Crippen LogP contribution in [0, 0.1) is 0 Å². The highest BCUT2D eigenvalue weighted by molar-refractivity contribution is 5.95. The second kappa shape index (κ2) is 8.18. The monoisotopic (exact) mass is 360 g/mol. The Labute approximate surface area is 159 Å². The van der Waals surface area contributed by atoms with Crippen LogP contribution in [0.15, 0.2) is 73.1 Å². The molecule has 0 spiro atoms. The van der Waals surface area contributed by atoms with E-state index < -0.39 is 0 Å². The molecule has 0 unspecified atom stereocenters. The van der Waals surface area contributed by atoms with Crippen molar-refractivity contribution in [2.75, 3.05) is 18.4 Å². The van der Waals surface area contributed by atoms with Gasteiger partial charge in [0.1, 0.15) is 6.04 Å². The van der Waals surface area contributed by atoms with Crippen molar-refractivity contribution in [3.05, 3.63) is 78.6 Å². The quantitative estimate of drug-likeness (QED) is 0.747. The lowest BCUT2D eigenvalue weighted by Gasteiger charge is -2.34. The predicted molar refractivity (Wildman–Crippen MR) is 107 cm³/mol. The van der Waals surface area contributed by atoms with Gasteiger partial charge in [0.25, 0.3) is 0 Å². The van der Waals surface area contributed by atoms with E-state index in [9.17, 15) is 4.79 Å². The van der Waals surface area contributed by atoms with E-state index in [2.05, 4.69) is 15.3 Å². The van der Waals surface area contributed by atoms with Gasteiger partial charge in [-0.2, -0.15) is 5.10 Å². The minimum Gasteiger partial charge on any atom is -0.324 e. The molecule has 1 N–H and O–H groups in total. The maximum atomic E-state index is 13.2. The molecule has 0 radical (unpaired) electrons. The molecule has 138 valence electrons. The van der Waals surface area contributed by atoms with Crippen LogP contribution in [0.4, 0.5) is 5.69 Å². The Morgan fingerprint density at radius 3 is 2.52 bits per heavy atom. The number of hydrogen-bond acceptors (Lipinski definition) is 3. The third-order valence-corrected chi connectivity index (χ3v) is 5.00. The SMILES string of the molecule is O=C(Nc1cccc(-n2cccn2)c1)[C@H](c1ccccc1)N1CCCCC1. The van der Waals surface area contributed by atoms with E-state index in [-0.39, 0.29) is 11.9 Å². The number of carbonyl (C=O) groups is 1. The van der Waals surface area contributed by atoms with Crippen LogP contribution in [0.1, 0.15) is 30.9 Å². The van der Waals surface area contributed by atoms with E-state index in [1.54, 1.807) is 10.9 Å². The summed E-state index contributed by atoms with van der Waals surface area (Å²) in [5, 5.41) is 7.38. The average molecular weight is 360 g/mol. The van der Waals surface area contributed by atoms with Crippen LogP contribution in [0.5, 0.6) is 0 Å². The molecule has 0 saturated carbocycles. The molecule has 3 aromatic rings. The second-order valence-electron chi connectivity index (χ2n) is 6.90. The molecule has 1 atom stereocenters. The minimum absolute atomic E-state index is 0.0146. The number of anilines is 1. The fourth-order valence-corrected chi connectivity index (χ4v) is 3.70. The van der Waals surface area contributed by atoms with E-state index in [4.69, 9.17) is 0 Å². The molecule has 0 bridgehead atoms. The van der Waals surface area contributed by atoms with Crippen LogP contribution in [0.2, 0.25) is 0 Å². The van der Waals surface area contributed by atoms with Gasteiger partial charge >= 0.3 is 0 Å². The number of carbonyl (C=O) groups excluding carboxylic acids is 1. The Kier molecular flexibility index (Phi) is 5.30. The van der Waals surface area contributed by atoms with E-state index in [0.717, 1.165) is 42.9 Å². The van der Waals surface area contributed by atoms with Crippen molar-refractivity contribution in [2.45, 2.75) is 25.3 Å². The lowest BCUT2D eigenvalue weighted by molar-refractivity contribution is -0.122. The zero-order valence-electron chi connectivity index (χ0n) is 15.3. The Morgan fingerprint density at radius 2 is 1.78 bits per heavy atom. The maximum absolute atomic E-state index is 13.2. The number of hydrogen-bond donors (Lipinski definition) is 1. The third-order valence-electron chi connectivity index (χ3n) is 5.00. The standard InChI is InChI=1S/C22H24N4O/c27-22(24-19-11-7-12-20(17-19)26-16-8-13-23-26)21(18-9-3-1-4-10-18)25-14-5-2-6-15-25/h1,3-4,7-13,16-17,21H,2,5-6,14-15H2,(H,24,27)/t21-/m0/s1. The first-order valence-corrected chi connectivity index (χ1v) is 9.51. The molecule has 1 saturated heterocycles. The average Bonchev–Trinajstić information content (AvgIpc) is 3.25. The van der Waals surface area contributed by atoms with Crippen LogP contribution in [-0.4, -0.2) is 33.7 Å². The van der Waals surface area contributed by atoms with Crippen molar-refractivity contribution >= 4 is 11.6 Å². The Balaban J connectivity index is 1.57. The van der Waals surface area contributed by atoms with E-state index in [1.165, 1.54) is 6.42 Å². The van der Waals surface area contributed by atoms with E-state index in [0.29, 0.717) is 0 Å². The Hall–Kier alpha value is -2.92. The number of nitrogens with one attached hydrogen (secondary N) is 1. The normalized spacial score (nSPS) is 16.0. The molecule has 27 heavy (non-hydrogen) atoms. The zero-order valence-corrected chi connectivity index (χ0v) is 15.3. The topological polar surface area (TPSA) is 50.2 Å². The summed E-state index contributed by atoms with van der Waals surface area (Å²) in [6.45, 7) is 1.92. The van der Waals surface area contributed by atoms with Crippen LogP contribution in [0.3, 0.4) is 0 Å². The highest BCUT2D eigenvalue weighted by Crippen LogP contribution is 2.26.